The van der Waals surface area contributed by atoms with Gasteiger partial charge in [-0.25, -0.2) is 4.79 Å². The summed E-state index contributed by atoms with van der Waals surface area (Å²) in [6, 6.07) is 4.32. The van der Waals surface area contributed by atoms with Crippen molar-refractivity contribution < 1.29 is 9.90 Å². The Balaban J connectivity index is 1.94. The van der Waals surface area contributed by atoms with Crippen molar-refractivity contribution in [2.45, 2.75) is 38.3 Å². The summed E-state index contributed by atoms with van der Waals surface area (Å²) in [5.74, 6) is -0.820. The van der Waals surface area contributed by atoms with E-state index in [9.17, 15) is 4.79 Å². The predicted octanol–water partition coefficient (Wildman–Crippen LogP) is 2.82. The van der Waals surface area contributed by atoms with E-state index in [0.29, 0.717) is 10.9 Å². The first-order valence-electron chi connectivity index (χ1n) is 5.69. The molecule has 1 aromatic rings. The van der Waals surface area contributed by atoms with Crippen molar-refractivity contribution in [2.24, 2.45) is 0 Å². The minimum absolute atomic E-state index is 0.440. The van der Waals surface area contributed by atoms with Gasteiger partial charge in [0.15, 0.2) is 0 Å². The van der Waals surface area contributed by atoms with Crippen LogP contribution in [0.2, 0.25) is 0 Å². The Morgan fingerprint density at radius 1 is 1.50 bits per heavy atom. The van der Waals surface area contributed by atoms with Gasteiger partial charge in [-0.15, -0.1) is 11.3 Å². The van der Waals surface area contributed by atoms with Crippen molar-refractivity contribution in [3.8, 4) is 0 Å². The number of carboxylic acids is 1. The standard InChI is InChI=1S/C12H17NO2S/c1-13(9-4-2-3-5-9)8-10-6-7-11(16-10)12(14)15/h6-7,9H,2-5,8H2,1H3,(H,14,15). The Bertz CT molecular complexity index is 369. The summed E-state index contributed by atoms with van der Waals surface area (Å²) in [4.78, 5) is 14.7. The Hall–Kier alpha value is -0.870. The Labute approximate surface area is 99.7 Å². The summed E-state index contributed by atoms with van der Waals surface area (Å²) in [7, 11) is 2.14. The van der Waals surface area contributed by atoms with E-state index in [1.807, 2.05) is 6.07 Å². The number of carbonyl (C=O) groups is 1. The number of aromatic carboxylic acids is 1. The maximum absolute atomic E-state index is 10.8. The molecule has 0 bridgehead atoms. The van der Waals surface area contributed by atoms with Crippen LogP contribution in [0.1, 0.15) is 40.2 Å². The third-order valence-corrected chi connectivity index (χ3v) is 4.28. The average molecular weight is 239 g/mol. The number of hydrogen-bond acceptors (Lipinski definition) is 3. The molecular formula is C12H17NO2S. The molecule has 0 atom stereocenters. The van der Waals surface area contributed by atoms with Crippen LogP contribution in [0, 0.1) is 0 Å². The number of nitrogens with zero attached hydrogens (tertiary/aromatic N) is 1. The van der Waals surface area contributed by atoms with Crippen molar-refractivity contribution in [3.63, 3.8) is 0 Å². The van der Waals surface area contributed by atoms with E-state index in [0.717, 1.165) is 11.4 Å². The van der Waals surface area contributed by atoms with Gasteiger partial charge in [-0.3, -0.25) is 4.90 Å². The Kier molecular flexibility index (Phi) is 3.61. The van der Waals surface area contributed by atoms with Gasteiger partial charge in [-0.05, 0) is 32.0 Å². The smallest absolute Gasteiger partial charge is 0.345 e. The number of carboxylic acid groups (broad SMARTS) is 1. The highest BCUT2D eigenvalue weighted by molar-refractivity contribution is 7.13. The zero-order valence-electron chi connectivity index (χ0n) is 9.48. The first kappa shape index (κ1) is 11.6. The third kappa shape index (κ3) is 2.62. The van der Waals surface area contributed by atoms with Crippen LogP contribution in [-0.4, -0.2) is 29.1 Å². The Morgan fingerprint density at radius 3 is 2.75 bits per heavy atom. The second kappa shape index (κ2) is 4.97. The van der Waals surface area contributed by atoms with E-state index < -0.39 is 5.97 Å². The monoisotopic (exact) mass is 239 g/mol. The van der Waals surface area contributed by atoms with E-state index in [4.69, 9.17) is 5.11 Å². The van der Waals surface area contributed by atoms with Gasteiger partial charge in [0.1, 0.15) is 4.88 Å². The molecule has 2 rings (SSSR count). The van der Waals surface area contributed by atoms with Crippen LogP contribution in [0.3, 0.4) is 0 Å². The fourth-order valence-corrected chi connectivity index (χ4v) is 3.21. The largest absolute Gasteiger partial charge is 0.477 e. The molecule has 1 aliphatic rings. The molecule has 88 valence electrons. The molecule has 0 unspecified atom stereocenters. The minimum atomic E-state index is -0.820. The number of rotatable bonds is 4. The normalized spacial score (nSPS) is 17.1. The zero-order chi connectivity index (χ0) is 11.5. The van der Waals surface area contributed by atoms with Crippen molar-refractivity contribution in [1.82, 2.24) is 4.90 Å². The van der Waals surface area contributed by atoms with Gasteiger partial charge in [-0.1, -0.05) is 12.8 Å². The van der Waals surface area contributed by atoms with Crippen molar-refractivity contribution in [1.29, 1.82) is 0 Å². The van der Waals surface area contributed by atoms with E-state index in [-0.39, 0.29) is 0 Å². The van der Waals surface area contributed by atoms with Crippen LogP contribution in [0.25, 0.3) is 0 Å². The molecule has 0 radical (unpaired) electrons. The summed E-state index contributed by atoms with van der Waals surface area (Å²) in [5.41, 5.74) is 0. The highest BCUT2D eigenvalue weighted by Gasteiger charge is 2.20. The van der Waals surface area contributed by atoms with E-state index in [1.54, 1.807) is 6.07 Å². The molecule has 16 heavy (non-hydrogen) atoms. The molecular weight excluding hydrogens is 222 g/mol. The molecule has 0 saturated heterocycles. The van der Waals surface area contributed by atoms with Gasteiger partial charge in [0.05, 0.1) is 0 Å². The van der Waals surface area contributed by atoms with Crippen LogP contribution in [-0.2, 0) is 6.54 Å². The number of hydrogen-bond donors (Lipinski definition) is 1. The van der Waals surface area contributed by atoms with Gasteiger partial charge in [0.25, 0.3) is 0 Å². The molecule has 0 aromatic carbocycles. The quantitative estimate of drug-likeness (QED) is 0.878. The van der Waals surface area contributed by atoms with Gasteiger partial charge < -0.3 is 5.11 Å². The predicted molar refractivity (Wildman–Crippen MR) is 65.0 cm³/mol. The molecule has 1 aliphatic carbocycles. The van der Waals surface area contributed by atoms with E-state index in [2.05, 4.69) is 11.9 Å². The lowest BCUT2D eigenvalue weighted by molar-refractivity contribution is 0.0702. The average Bonchev–Trinajstić information content (AvgIpc) is 2.87. The molecule has 0 aliphatic heterocycles. The molecule has 0 amide bonds. The van der Waals surface area contributed by atoms with Gasteiger partial charge in [-0.2, -0.15) is 0 Å². The van der Waals surface area contributed by atoms with Crippen LogP contribution in [0.5, 0.6) is 0 Å². The van der Waals surface area contributed by atoms with Crippen molar-refractivity contribution >= 4 is 17.3 Å². The summed E-state index contributed by atoms with van der Waals surface area (Å²) in [6.45, 7) is 0.878. The summed E-state index contributed by atoms with van der Waals surface area (Å²) in [5, 5.41) is 8.84. The van der Waals surface area contributed by atoms with Gasteiger partial charge in [0.2, 0.25) is 0 Å². The van der Waals surface area contributed by atoms with E-state index >= 15 is 0 Å². The van der Waals surface area contributed by atoms with Crippen LogP contribution in [0.15, 0.2) is 12.1 Å². The lowest BCUT2D eigenvalue weighted by atomic mass is 10.2. The van der Waals surface area contributed by atoms with Crippen molar-refractivity contribution in [2.75, 3.05) is 7.05 Å². The van der Waals surface area contributed by atoms with Gasteiger partial charge >= 0.3 is 5.97 Å². The molecule has 0 spiro atoms. The third-order valence-electron chi connectivity index (χ3n) is 3.23. The summed E-state index contributed by atoms with van der Waals surface area (Å²) >= 11 is 1.39. The van der Waals surface area contributed by atoms with Gasteiger partial charge in [0, 0.05) is 17.5 Å². The SMILES string of the molecule is CN(Cc1ccc(C(=O)O)s1)C1CCCC1. The summed E-state index contributed by atoms with van der Waals surface area (Å²) in [6.07, 6.45) is 5.24. The zero-order valence-corrected chi connectivity index (χ0v) is 10.3. The highest BCUT2D eigenvalue weighted by atomic mass is 32.1. The van der Waals surface area contributed by atoms with Crippen molar-refractivity contribution in [3.05, 3.63) is 21.9 Å². The maximum Gasteiger partial charge on any atom is 0.345 e. The number of thiophene rings is 1. The first-order chi connectivity index (χ1) is 7.66. The van der Waals surface area contributed by atoms with Crippen LogP contribution in [0.4, 0.5) is 0 Å². The second-order valence-corrected chi connectivity index (χ2v) is 5.59. The molecule has 1 heterocycles. The second-order valence-electron chi connectivity index (χ2n) is 4.42. The fraction of sp³-hybridized carbons (Fsp3) is 0.583. The lowest BCUT2D eigenvalue weighted by Crippen LogP contribution is -2.28. The highest BCUT2D eigenvalue weighted by Crippen LogP contribution is 2.25. The van der Waals surface area contributed by atoms with E-state index in [1.165, 1.54) is 37.0 Å². The molecule has 1 aromatic heterocycles. The van der Waals surface area contributed by atoms with Crippen LogP contribution >= 0.6 is 11.3 Å². The Morgan fingerprint density at radius 2 is 2.19 bits per heavy atom. The van der Waals surface area contributed by atoms with Crippen LogP contribution < -0.4 is 0 Å². The lowest BCUT2D eigenvalue weighted by Gasteiger charge is -2.23. The minimum Gasteiger partial charge on any atom is -0.477 e. The topological polar surface area (TPSA) is 40.5 Å². The molecule has 1 fully saturated rings. The molecule has 1 saturated carbocycles. The first-order valence-corrected chi connectivity index (χ1v) is 6.50. The molecule has 3 nitrogen and oxygen atoms in total. The molecule has 4 heteroatoms. The summed E-state index contributed by atoms with van der Waals surface area (Å²) < 4.78 is 0. The molecule has 1 N–H and O–H groups in total. The maximum atomic E-state index is 10.8. The fourth-order valence-electron chi connectivity index (χ4n) is 2.30.